The number of rotatable bonds is 6. The smallest absolute Gasteiger partial charge is 0.242 e. The van der Waals surface area contributed by atoms with Gasteiger partial charge in [0.05, 0.1) is 5.54 Å². The largest absolute Gasteiger partial charge is 0.356 e. The molecule has 3 N–H and O–H groups in total. The van der Waals surface area contributed by atoms with E-state index < -0.39 is 5.54 Å². The third kappa shape index (κ3) is 5.62. The van der Waals surface area contributed by atoms with Gasteiger partial charge in [-0.05, 0) is 32.1 Å². The number of hydrogen-bond donors (Lipinski definition) is 2. The summed E-state index contributed by atoms with van der Waals surface area (Å²) in [4.78, 5) is 26.8. The van der Waals surface area contributed by atoms with E-state index >= 15 is 0 Å². The van der Waals surface area contributed by atoms with Crippen molar-refractivity contribution in [3.8, 4) is 0 Å². The van der Waals surface area contributed by atoms with E-state index in [0.717, 1.165) is 64.3 Å². The highest BCUT2D eigenvalue weighted by Crippen LogP contribution is 2.29. The fourth-order valence-corrected chi connectivity index (χ4v) is 3.79. The molecular weight excluding hydrogens is 326 g/mol. The van der Waals surface area contributed by atoms with Crippen LogP contribution in [0.4, 0.5) is 0 Å². The van der Waals surface area contributed by atoms with Crippen LogP contribution in [0.25, 0.3) is 0 Å². The van der Waals surface area contributed by atoms with Crippen LogP contribution in [0.15, 0.2) is 0 Å². The molecule has 0 unspecified atom stereocenters. The van der Waals surface area contributed by atoms with E-state index in [1.165, 1.54) is 6.42 Å². The van der Waals surface area contributed by atoms with Gasteiger partial charge >= 0.3 is 0 Å². The second kappa shape index (κ2) is 10.2. The van der Waals surface area contributed by atoms with E-state index in [9.17, 15) is 9.59 Å². The van der Waals surface area contributed by atoms with Crippen molar-refractivity contribution < 1.29 is 9.59 Å². The number of amides is 2. The van der Waals surface area contributed by atoms with Crippen molar-refractivity contribution in [1.29, 1.82) is 0 Å². The Balaban J connectivity index is 0.00000288. The molecule has 1 heterocycles. The average molecular weight is 360 g/mol. The topological polar surface area (TPSA) is 75.4 Å². The van der Waals surface area contributed by atoms with Crippen LogP contribution in [-0.4, -0.2) is 41.9 Å². The summed E-state index contributed by atoms with van der Waals surface area (Å²) < 4.78 is 0. The zero-order valence-electron chi connectivity index (χ0n) is 15.0. The first-order valence-electron chi connectivity index (χ1n) is 9.43. The fraction of sp³-hybridized carbons (Fsp3) is 0.889. The molecule has 2 aliphatic rings. The molecule has 1 aliphatic heterocycles. The number of likely N-dealkylation sites (tertiary alicyclic amines) is 1. The Morgan fingerprint density at radius 3 is 2.33 bits per heavy atom. The number of hydrogen-bond acceptors (Lipinski definition) is 3. The van der Waals surface area contributed by atoms with E-state index in [1.807, 2.05) is 4.90 Å². The molecule has 0 spiro atoms. The van der Waals surface area contributed by atoms with Gasteiger partial charge in [-0.25, -0.2) is 0 Å². The van der Waals surface area contributed by atoms with Crippen LogP contribution in [0.2, 0.25) is 0 Å². The molecule has 0 radical (unpaired) electrons. The van der Waals surface area contributed by atoms with Crippen LogP contribution >= 0.6 is 12.4 Å². The van der Waals surface area contributed by atoms with E-state index in [2.05, 4.69) is 12.2 Å². The van der Waals surface area contributed by atoms with Gasteiger partial charge in [-0.1, -0.05) is 39.0 Å². The summed E-state index contributed by atoms with van der Waals surface area (Å²) in [5.74, 6) is 0.327. The van der Waals surface area contributed by atoms with Gasteiger partial charge in [0.2, 0.25) is 11.8 Å². The summed E-state index contributed by atoms with van der Waals surface area (Å²) in [5, 5.41) is 3.04. The second-order valence-electron chi connectivity index (χ2n) is 7.28. The summed E-state index contributed by atoms with van der Waals surface area (Å²) in [6.07, 6.45) is 9.82. The van der Waals surface area contributed by atoms with E-state index in [4.69, 9.17) is 5.73 Å². The standard InChI is InChI=1S/C18H33N3O2.ClH/c1-2-3-7-12-20-16(22)15-8-13-21(14-9-15)17(23)18(19)10-5-4-6-11-18;/h15H,2-14,19H2,1H3,(H,20,22);1H. The lowest BCUT2D eigenvalue weighted by atomic mass is 9.81. The van der Waals surface area contributed by atoms with Crippen molar-refractivity contribution in [2.45, 2.75) is 76.7 Å². The fourth-order valence-electron chi connectivity index (χ4n) is 3.79. The van der Waals surface area contributed by atoms with Gasteiger partial charge in [0.1, 0.15) is 0 Å². The molecule has 1 saturated carbocycles. The predicted molar refractivity (Wildman–Crippen MR) is 99.1 cm³/mol. The highest BCUT2D eigenvalue weighted by Gasteiger charge is 2.39. The molecule has 1 aliphatic carbocycles. The third-order valence-corrected chi connectivity index (χ3v) is 5.40. The average Bonchev–Trinajstić information content (AvgIpc) is 2.58. The number of nitrogens with two attached hydrogens (primary N) is 1. The summed E-state index contributed by atoms with van der Waals surface area (Å²) in [6, 6.07) is 0. The van der Waals surface area contributed by atoms with Crippen molar-refractivity contribution >= 4 is 24.2 Å². The van der Waals surface area contributed by atoms with Crippen LogP contribution in [0.3, 0.4) is 0 Å². The van der Waals surface area contributed by atoms with Gasteiger partial charge in [-0.15, -0.1) is 12.4 Å². The number of halogens is 1. The van der Waals surface area contributed by atoms with Crippen LogP contribution in [0.5, 0.6) is 0 Å². The Labute approximate surface area is 152 Å². The first-order chi connectivity index (χ1) is 11.1. The molecular formula is C18H34ClN3O2. The maximum atomic E-state index is 12.7. The van der Waals surface area contributed by atoms with E-state index in [1.54, 1.807) is 0 Å². The lowest BCUT2D eigenvalue weighted by Gasteiger charge is -2.39. The Morgan fingerprint density at radius 2 is 1.75 bits per heavy atom. The molecule has 0 bridgehead atoms. The monoisotopic (exact) mass is 359 g/mol. The Bertz CT molecular complexity index is 403. The summed E-state index contributed by atoms with van der Waals surface area (Å²) in [6.45, 7) is 4.28. The van der Waals surface area contributed by atoms with Gasteiger partial charge in [-0.3, -0.25) is 9.59 Å². The van der Waals surface area contributed by atoms with Crippen LogP contribution in [0, 0.1) is 5.92 Å². The molecule has 2 fully saturated rings. The number of carbonyl (C=O) groups is 2. The van der Waals surface area contributed by atoms with Gasteiger partial charge in [-0.2, -0.15) is 0 Å². The molecule has 0 aromatic rings. The summed E-state index contributed by atoms with van der Waals surface area (Å²) >= 11 is 0. The first-order valence-corrected chi connectivity index (χ1v) is 9.43. The molecule has 140 valence electrons. The van der Waals surface area contributed by atoms with Crippen molar-refractivity contribution in [2.75, 3.05) is 19.6 Å². The van der Waals surface area contributed by atoms with Crippen molar-refractivity contribution in [3.05, 3.63) is 0 Å². The maximum Gasteiger partial charge on any atom is 0.242 e. The Morgan fingerprint density at radius 1 is 1.12 bits per heavy atom. The second-order valence-corrected chi connectivity index (χ2v) is 7.28. The Kier molecular flexibility index (Phi) is 9.06. The van der Waals surface area contributed by atoms with Crippen LogP contribution in [0.1, 0.15) is 71.1 Å². The quantitative estimate of drug-likeness (QED) is 0.716. The summed E-state index contributed by atoms with van der Waals surface area (Å²) in [5.41, 5.74) is 5.71. The third-order valence-electron chi connectivity index (χ3n) is 5.40. The minimum absolute atomic E-state index is 0. The van der Waals surface area contributed by atoms with Gasteiger partial charge < -0.3 is 16.0 Å². The first kappa shape index (κ1) is 21.2. The highest BCUT2D eigenvalue weighted by molar-refractivity contribution is 5.86. The van der Waals surface area contributed by atoms with Crippen LogP contribution < -0.4 is 11.1 Å². The molecule has 2 rings (SSSR count). The molecule has 0 atom stereocenters. The van der Waals surface area contributed by atoms with Gasteiger partial charge in [0, 0.05) is 25.6 Å². The number of unbranched alkanes of at least 4 members (excludes halogenated alkanes) is 2. The number of carbonyl (C=O) groups excluding carboxylic acids is 2. The molecule has 0 aromatic heterocycles. The zero-order chi connectivity index (χ0) is 16.7. The predicted octanol–water partition coefficient (Wildman–Crippen LogP) is 2.61. The molecule has 1 saturated heterocycles. The van der Waals surface area contributed by atoms with E-state index in [0.29, 0.717) is 13.1 Å². The molecule has 5 nitrogen and oxygen atoms in total. The lowest BCUT2D eigenvalue weighted by molar-refractivity contribution is -0.141. The molecule has 2 amide bonds. The zero-order valence-corrected chi connectivity index (χ0v) is 15.8. The Hall–Kier alpha value is -0.810. The molecule has 0 aromatic carbocycles. The van der Waals surface area contributed by atoms with E-state index in [-0.39, 0.29) is 30.1 Å². The van der Waals surface area contributed by atoms with Crippen LogP contribution in [-0.2, 0) is 9.59 Å². The number of nitrogens with one attached hydrogen (secondary N) is 1. The minimum atomic E-state index is -0.645. The summed E-state index contributed by atoms with van der Waals surface area (Å²) in [7, 11) is 0. The maximum absolute atomic E-state index is 12.7. The SMILES string of the molecule is CCCCCNC(=O)C1CCN(C(=O)C2(N)CCCCC2)CC1.Cl. The van der Waals surface area contributed by atoms with Crippen molar-refractivity contribution in [2.24, 2.45) is 11.7 Å². The van der Waals surface area contributed by atoms with Gasteiger partial charge in [0.25, 0.3) is 0 Å². The van der Waals surface area contributed by atoms with Crippen molar-refractivity contribution in [1.82, 2.24) is 10.2 Å². The lowest BCUT2D eigenvalue weighted by Crippen LogP contribution is -2.58. The van der Waals surface area contributed by atoms with Gasteiger partial charge in [0.15, 0.2) is 0 Å². The highest BCUT2D eigenvalue weighted by atomic mass is 35.5. The normalized spacial score (nSPS) is 21.0. The van der Waals surface area contributed by atoms with Crippen molar-refractivity contribution in [3.63, 3.8) is 0 Å². The minimum Gasteiger partial charge on any atom is -0.356 e. The molecule has 6 heteroatoms. The number of nitrogens with zero attached hydrogens (tertiary/aromatic N) is 1. The molecule has 24 heavy (non-hydrogen) atoms. The number of piperidine rings is 1.